The van der Waals surface area contributed by atoms with Crippen molar-refractivity contribution in [2.75, 3.05) is 13.2 Å². The quantitative estimate of drug-likeness (QED) is 0.879. The Balaban J connectivity index is 2.21. The first-order valence-electron chi connectivity index (χ1n) is 6.18. The van der Waals surface area contributed by atoms with Crippen molar-refractivity contribution in [2.24, 2.45) is 5.73 Å². The van der Waals surface area contributed by atoms with Gasteiger partial charge in [0, 0.05) is 18.8 Å². The summed E-state index contributed by atoms with van der Waals surface area (Å²) in [5, 5.41) is 0. The lowest BCUT2D eigenvalue weighted by molar-refractivity contribution is 0.328. The maximum absolute atomic E-state index is 5.51. The Bertz CT molecular complexity index is 505. The molecule has 18 heavy (non-hydrogen) atoms. The first-order chi connectivity index (χ1) is 8.70. The minimum absolute atomic E-state index is 0.433. The molecule has 0 unspecified atom stereocenters. The normalized spacial score (nSPS) is 10.9. The van der Waals surface area contributed by atoms with Gasteiger partial charge in [0.15, 0.2) is 0 Å². The van der Waals surface area contributed by atoms with Gasteiger partial charge in [0.2, 0.25) is 0 Å². The van der Waals surface area contributed by atoms with Gasteiger partial charge in [0.25, 0.3) is 0 Å². The number of hydrogen-bond donors (Lipinski definition) is 1. The Hall–Kier alpha value is -1.81. The van der Waals surface area contributed by atoms with Crippen LogP contribution in [-0.4, -0.2) is 22.7 Å². The molecule has 0 amide bonds. The summed E-state index contributed by atoms with van der Waals surface area (Å²) in [4.78, 5) is 4.39. The summed E-state index contributed by atoms with van der Waals surface area (Å²) in [5.41, 5.74) is 7.55. The number of rotatable bonds is 5. The Morgan fingerprint density at radius 2 is 2.22 bits per heavy atom. The van der Waals surface area contributed by atoms with Gasteiger partial charge in [0.1, 0.15) is 12.4 Å². The van der Waals surface area contributed by atoms with Crippen molar-refractivity contribution >= 4 is 0 Å². The number of aromatic nitrogens is 2. The number of benzene rings is 1. The second kappa shape index (κ2) is 5.69. The summed E-state index contributed by atoms with van der Waals surface area (Å²) < 4.78 is 7.52. The topological polar surface area (TPSA) is 53.1 Å². The van der Waals surface area contributed by atoms with E-state index in [0.717, 1.165) is 17.1 Å². The van der Waals surface area contributed by atoms with Gasteiger partial charge in [-0.3, -0.25) is 0 Å². The Morgan fingerprint density at radius 3 is 2.89 bits per heavy atom. The first-order valence-corrected chi connectivity index (χ1v) is 6.18. The van der Waals surface area contributed by atoms with E-state index < -0.39 is 0 Å². The van der Waals surface area contributed by atoms with Crippen molar-refractivity contribution < 1.29 is 4.74 Å². The predicted molar refractivity (Wildman–Crippen MR) is 72.2 cm³/mol. The average molecular weight is 245 g/mol. The summed E-state index contributed by atoms with van der Waals surface area (Å²) >= 11 is 0. The van der Waals surface area contributed by atoms with E-state index in [1.807, 2.05) is 41.4 Å². The van der Waals surface area contributed by atoms with Crippen LogP contribution in [0.2, 0.25) is 0 Å². The summed E-state index contributed by atoms with van der Waals surface area (Å²) in [7, 11) is 0. The van der Waals surface area contributed by atoms with Crippen LogP contribution in [0.25, 0.3) is 5.69 Å². The van der Waals surface area contributed by atoms with Gasteiger partial charge < -0.3 is 15.0 Å². The molecule has 96 valence electrons. The lowest BCUT2D eigenvalue weighted by Crippen LogP contribution is -2.10. The van der Waals surface area contributed by atoms with E-state index in [1.54, 1.807) is 0 Å². The van der Waals surface area contributed by atoms with Crippen LogP contribution in [0, 0.1) is 0 Å². The zero-order chi connectivity index (χ0) is 13.0. The average Bonchev–Trinajstić information content (AvgIpc) is 2.86. The van der Waals surface area contributed by atoms with Crippen molar-refractivity contribution in [1.82, 2.24) is 9.55 Å². The molecule has 0 bridgehead atoms. The van der Waals surface area contributed by atoms with Crippen molar-refractivity contribution in [3.8, 4) is 11.4 Å². The monoisotopic (exact) mass is 245 g/mol. The van der Waals surface area contributed by atoms with Gasteiger partial charge in [-0.1, -0.05) is 19.9 Å². The maximum atomic E-state index is 5.51. The Labute approximate surface area is 107 Å². The molecular weight excluding hydrogens is 226 g/mol. The molecule has 0 aliphatic rings. The molecule has 0 atom stereocenters. The zero-order valence-corrected chi connectivity index (χ0v) is 10.8. The van der Waals surface area contributed by atoms with Gasteiger partial charge in [-0.15, -0.1) is 0 Å². The first kappa shape index (κ1) is 12.6. The summed E-state index contributed by atoms with van der Waals surface area (Å²) in [5.74, 6) is 1.26. The molecule has 1 aromatic heterocycles. The number of imidazole rings is 1. The number of nitrogens with two attached hydrogens (primary N) is 1. The SMILES string of the molecule is CC(C)c1cn(-c2cccc(OCCN)c2)cn1. The van der Waals surface area contributed by atoms with Crippen molar-refractivity contribution in [3.63, 3.8) is 0 Å². The lowest BCUT2D eigenvalue weighted by Gasteiger charge is -2.07. The van der Waals surface area contributed by atoms with E-state index in [9.17, 15) is 0 Å². The predicted octanol–water partition coefficient (Wildman–Crippen LogP) is 2.33. The summed E-state index contributed by atoms with van der Waals surface area (Å²) in [6.45, 7) is 5.32. The molecule has 1 aromatic carbocycles. The number of ether oxygens (including phenoxy) is 1. The van der Waals surface area contributed by atoms with E-state index in [1.165, 1.54) is 0 Å². The van der Waals surface area contributed by atoms with E-state index in [0.29, 0.717) is 19.1 Å². The van der Waals surface area contributed by atoms with Crippen LogP contribution < -0.4 is 10.5 Å². The highest BCUT2D eigenvalue weighted by molar-refractivity contribution is 5.39. The van der Waals surface area contributed by atoms with Crippen LogP contribution in [-0.2, 0) is 0 Å². The second-order valence-electron chi connectivity index (χ2n) is 4.49. The number of nitrogens with zero attached hydrogens (tertiary/aromatic N) is 2. The molecule has 0 fully saturated rings. The molecule has 0 radical (unpaired) electrons. The van der Waals surface area contributed by atoms with Crippen molar-refractivity contribution in [1.29, 1.82) is 0 Å². The van der Waals surface area contributed by atoms with Crippen LogP contribution in [0.1, 0.15) is 25.5 Å². The molecule has 0 spiro atoms. The van der Waals surface area contributed by atoms with Crippen LogP contribution in [0.4, 0.5) is 0 Å². The van der Waals surface area contributed by atoms with E-state index >= 15 is 0 Å². The fourth-order valence-corrected chi connectivity index (χ4v) is 1.69. The van der Waals surface area contributed by atoms with Crippen molar-refractivity contribution in [2.45, 2.75) is 19.8 Å². The van der Waals surface area contributed by atoms with E-state index in [2.05, 4.69) is 18.8 Å². The molecule has 2 N–H and O–H groups in total. The highest BCUT2D eigenvalue weighted by atomic mass is 16.5. The third kappa shape index (κ3) is 2.90. The van der Waals surface area contributed by atoms with E-state index in [4.69, 9.17) is 10.5 Å². The molecule has 0 saturated heterocycles. The Kier molecular flexibility index (Phi) is 3.99. The number of hydrogen-bond acceptors (Lipinski definition) is 3. The lowest BCUT2D eigenvalue weighted by atomic mass is 10.2. The molecule has 4 heteroatoms. The van der Waals surface area contributed by atoms with Gasteiger partial charge in [-0.05, 0) is 18.1 Å². The minimum atomic E-state index is 0.433. The van der Waals surface area contributed by atoms with Crippen LogP contribution >= 0.6 is 0 Å². The molecule has 4 nitrogen and oxygen atoms in total. The molecule has 1 heterocycles. The van der Waals surface area contributed by atoms with E-state index in [-0.39, 0.29) is 0 Å². The highest BCUT2D eigenvalue weighted by Gasteiger charge is 2.05. The molecule has 2 aromatic rings. The Morgan fingerprint density at radius 1 is 1.39 bits per heavy atom. The minimum Gasteiger partial charge on any atom is -0.492 e. The molecule has 0 aliphatic carbocycles. The molecular formula is C14H19N3O. The summed E-state index contributed by atoms with van der Waals surface area (Å²) in [6, 6.07) is 7.91. The van der Waals surface area contributed by atoms with Gasteiger partial charge in [-0.25, -0.2) is 4.98 Å². The van der Waals surface area contributed by atoms with Gasteiger partial charge in [-0.2, -0.15) is 0 Å². The fourth-order valence-electron chi connectivity index (χ4n) is 1.69. The third-order valence-corrected chi connectivity index (χ3v) is 2.70. The standard InChI is InChI=1S/C14H19N3O/c1-11(2)14-9-17(10-16-14)12-4-3-5-13(8-12)18-7-6-15/h3-5,8-11H,6-7,15H2,1-2H3. The van der Waals surface area contributed by atoms with Gasteiger partial charge >= 0.3 is 0 Å². The van der Waals surface area contributed by atoms with Crippen molar-refractivity contribution in [3.05, 3.63) is 42.5 Å². The highest BCUT2D eigenvalue weighted by Crippen LogP contribution is 2.19. The summed E-state index contributed by atoms with van der Waals surface area (Å²) in [6.07, 6.45) is 3.88. The van der Waals surface area contributed by atoms with Crippen LogP contribution in [0.5, 0.6) is 5.75 Å². The second-order valence-corrected chi connectivity index (χ2v) is 4.49. The molecule has 0 saturated carbocycles. The molecule has 0 aliphatic heterocycles. The third-order valence-electron chi connectivity index (χ3n) is 2.70. The fraction of sp³-hybridized carbons (Fsp3) is 0.357. The van der Waals surface area contributed by atoms with Crippen LogP contribution in [0.3, 0.4) is 0 Å². The molecule has 2 rings (SSSR count). The maximum Gasteiger partial charge on any atom is 0.121 e. The zero-order valence-electron chi connectivity index (χ0n) is 10.8. The van der Waals surface area contributed by atoms with Gasteiger partial charge in [0.05, 0.1) is 17.7 Å². The smallest absolute Gasteiger partial charge is 0.121 e. The van der Waals surface area contributed by atoms with Crippen LogP contribution in [0.15, 0.2) is 36.8 Å². The largest absolute Gasteiger partial charge is 0.492 e.